The summed E-state index contributed by atoms with van der Waals surface area (Å²) in [5.41, 5.74) is 0.911. The summed E-state index contributed by atoms with van der Waals surface area (Å²) in [6.45, 7) is 4.59. The molecule has 3 N–H and O–H groups in total. The molecule has 8 heteroatoms. The molecule has 1 saturated carbocycles. The molecule has 1 aromatic carbocycles. The number of hydrogen-bond acceptors (Lipinski definition) is 4. The normalized spacial score (nSPS) is 17.8. The molecule has 0 radical (unpaired) electrons. The summed E-state index contributed by atoms with van der Waals surface area (Å²) in [7, 11) is 0. The molecule has 0 aromatic heterocycles. The number of benzene rings is 1. The van der Waals surface area contributed by atoms with E-state index in [9.17, 15) is 9.59 Å². The van der Waals surface area contributed by atoms with Crippen molar-refractivity contribution < 1.29 is 14.3 Å². The molecule has 3 rings (SSSR count). The third kappa shape index (κ3) is 5.59. The monoisotopic (exact) mass is 366 g/mol. The van der Waals surface area contributed by atoms with Crippen molar-refractivity contribution in [2.75, 3.05) is 44.7 Å². The Morgan fingerprint density at radius 1 is 1.24 bits per heavy atom. The van der Waals surface area contributed by atoms with Crippen LogP contribution in [0.25, 0.3) is 0 Å². The second kappa shape index (κ2) is 8.51. The van der Waals surface area contributed by atoms with E-state index in [2.05, 4.69) is 20.9 Å². The van der Waals surface area contributed by atoms with Crippen LogP contribution in [0.3, 0.4) is 0 Å². The first-order chi connectivity index (χ1) is 12.1. The number of carbonyl (C=O) groups is 2. The van der Waals surface area contributed by atoms with Crippen LogP contribution in [0.15, 0.2) is 18.2 Å². The fourth-order valence-corrected chi connectivity index (χ4v) is 2.80. The summed E-state index contributed by atoms with van der Waals surface area (Å²) in [4.78, 5) is 26.4. The zero-order chi connectivity index (χ0) is 17.6. The summed E-state index contributed by atoms with van der Waals surface area (Å²) in [5.74, 6) is -0.205. The third-order valence-electron chi connectivity index (χ3n) is 4.20. The van der Waals surface area contributed by atoms with Crippen LogP contribution >= 0.6 is 11.6 Å². The van der Waals surface area contributed by atoms with Gasteiger partial charge in [0.15, 0.2) is 0 Å². The average Bonchev–Trinajstić information content (AvgIpc) is 3.41. The van der Waals surface area contributed by atoms with Crippen LogP contribution in [0.2, 0.25) is 5.02 Å². The van der Waals surface area contributed by atoms with Crippen molar-refractivity contribution in [2.24, 2.45) is 0 Å². The van der Waals surface area contributed by atoms with Gasteiger partial charge in [-0.25, -0.2) is 4.79 Å². The molecule has 2 fully saturated rings. The van der Waals surface area contributed by atoms with Crippen LogP contribution in [0, 0.1) is 0 Å². The molecule has 0 bridgehead atoms. The zero-order valence-electron chi connectivity index (χ0n) is 14.0. The number of rotatable bonds is 6. The van der Waals surface area contributed by atoms with Gasteiger partial charge in [0.1, 0.15) is 0 Å². The first-order valence-corrected chi connectivity index (χ1v) is 8.95. The second-order valence-electron chi connectivity index (χ2n) is 6.28. The number of nitrogens with zero attached hydrogens (tertiary/aromatic N) is 1. The Kier molecular flexibility index (Phi) is 6.12. The van der Waals surface area contributed by atoms with Gasteiger partial charge in [-0.2, -0.15) is 0 Å². The van der Waals surface area contributed by atoms with E-state index in [0.29, 0.717) is 22.8 Å². The number of carbonyl (C=O) groups excluding carboxylic acids is 2. The SMILES string of the molecule is O=C(NCCN1CCOCC1)Nc1ccc(Cl)c(C(=O)NC2CC2)c1. The molecule has 2 aliphatic rings. The highest BCUT2D eigenvalue weighted by molar-refractivity contribution is 6.34. The van der Waals surface area contributed by atoms with E-state index in [1.54, 1.807) is 18.2 Å². The maximum atomic E-state index is 12.2. The van der Waals surface area contributed by atoms with Gasteiger partial charge in [0.2, 0.25) is 0 Å². The van der Waals surface area contributed by atoms with Gasteiger partial charge in [-0.1, -0.05) is 11.6 Å². The smallest absolute Gasteiger partial charge is 0.319 e. The van der Waals surface area contributed by atoms with Gasteiger partial charge >= 0.3 is 6.03 Å². The minimum absolute atomic E-state index is 0.205. The number of halogens is 1. The highest BCUT2D eigenvalue weighted by Gasteiger charge is 2.24. The van der Waals surface area contributed by atoms with Crippen LogP contribution in [-0.2, 0) is 4.74 Å². The topological polar surface area (TPSA) is 82.7 Å². The molecular weight excluding hydrogens is 344 g/mol. The molecule has 1 heterocycles. The number of ether oxygens (including phenoxy) is 1. The molecule has 0 atom stereocenters. The first kappa shape index (κ1) is 18.0. The minimum Gasteiger partial charge on any atom is -0.379 e. The van der Waals surface area contributed by atoms with Gasteiger partial charge in [-0.3, -0.25) is 9.69 Å². The highest BCUT2D eigenvalue weighted by atomic mass is 35.5. The Hall–Kier alpha value is -1.83. The van der Waals surface area contributed by atoms with Crippen molar-refractivity contribution >= 4 is 29.2 Å². The van der Waals surface area contributed by atoms with Crippen LogP contribution < -0.4 is 16.0 Å². The van der Waals surface area contributed by atoms with Crippen molar-refractivity contribution in [1.29, 1.82) is 0 Å². The van der Waals surface area contributed by atoms with Crippen molar-refractivity contribution in [2.45, 2.75) is 18.9 Å². The maximum Gasteiger partial charge on any atom is 0.319 e. The predicted octanol–water partition coefficient (Wildman–Crippen LogP) is 1.69. The largest absolute Gasteiger partial charge is 0.379 e. The van der Waals surface area contributed by atoms with Crippen molar-refractivity contribution in [3.8, 4) is 0 Å². The third-order valence-corrected chi connectivity index (χ3v) is 4.53. The quantitative estimate of drug-likeness (QED) is 0.715. The summed E-state index contributed by atoms with van der Waals surface area (Å²) < 4.78 is 5.29. The average molecular weight is 367 g/mol. The van der Waals surface area contributed by atoms with Crippen LogP contribution in [0.4, 0.5) is 10.5 Å². The van der Waals surface area contributed by atoms with E-state index in [4.69, 9.17) is 16.3 Å². The number of amides is 3. The highest BCUT2D eigenvalue weighted by Crippen LogP contribution is 2.23. The molecule has 1 aromatic rings. The van der Waals surface area contributed by atoms with Crippen molar-refractivity contribution in [1.82, 2.24) is 15.5 Å². The maximum absolute atomic E-state index is 12.2. The van der Waals surface area contributed by atoms with Gasteiger partial charge < -0.3 is 20.7 Å². The van der Waals surface area contributed by atoms with Crippen molar-refractivity contribution in [3.05, 3.63) is 28.8 Å². The lowest BCUT2D eigenvalue weighted by molar-refractivity contribution is 0.0388. The lowest BCUT2D eigenvalue weighted by Gasteiger charge is -2.26. The van der Waals surface area contributed by atoms with Gasteiger partial charge in [0, 0.05) is 37.9 Å². The fraction of sp³-hybridized carbons (Fsp3) is 0.529. The molecule has 1 saturated heterocycles. The number of morpholine rings is 1. The molecule has 136 valence electrons. The van der Waals surface area contributed by atoms with Crippen LogP contribution in [-0.4, -0.2) is 62.3 Å². The lowest BCUT2D eigenvalue weighted by atomic mass is 10.2. The number of anilines is 1. The number of hydrogen-bond donors (Lipinski definition) is 3. The Morgan fingerprint density at radius 3 is 2.72 bits per heavy atom. The first-order valence-electron chi connectivity index (χ1n) is 8.57. The fourth-order valence-electron chi connectivity index (χ4n) is 2.60. The lowest BCUT2D eigenvalue weighted by Crippen LogP contribution is -2.42. The summed E-state index contributed by atoms with van der Waals surface area (Å²) >= 11 is 6.10. The molecule has 1 aliphatic carbocycles. The second-order valence-corrected chi connectivity index (χ2v) is 6.68. The van der Waals surface area contributed by atoms with Gasteiger partial charge in [-0.15, -0.1) is 0 Å². The Labute approximate surface area is 152 Å². The molecule has 0 unspecified atom stereocenters. The van der Waals surface area contributed by atoms with Gasteiger partial charge in [0.05, 0.1) is 23.8 Å². The van der Waals surface area contributed by atoms with E-state index in [1.807, 2.05) is 0 Å². The molecule has 7 nitrogen and oxygen atoms in total. The van der Waals surface area contributed by atoms with Crippen LogP contribution in [0.5, 0.6) is 0 Å². The minimum atomic E-state index is -0.302. The standard InChI is InChI=1S/C17H23ClN4O3/c18-15-4-3-13(11-14(15)16(23)20-12-1-2-12)21-17(24)19-5-6-22-7-9-25-10-8-22/h3-4,11-12H,1-2,5-10H2,(H,20,23)(H2,19,21,24). The molecule has 0 spiro atoms. The molecule has 1 aliphatic heterocycles. The van der Waals surface area contributed by atoms with E-state index >= 15 is 0 Å². The van der Waals surface area contributed by atoms with E-state index in [0.717, 1.165) is 45.7 Å². The van der Waals surface area contributed by atoms with Crippen molar-refractivity contribution in [3.63, 3.8) is 0 Å². The van der Waals surface area contributed by atoms with E-state index in [1.165, 1.54) is 0 Å². The zero-order valence-corrected chi connectivity index (χ0v) is 14.8. The predicted molar refractivity (Wildman–Crippen MR) is 96.2 cm³/mol. The Bertz CT molecular complexity index is 630. The van der Waals surface area contributed by atoms with E-state index in [-0.39, 0.29) is 18.0 Å². The van der Waals surface area contributed by atoms with E-state index < -0.39 is 0 Å². The molecule has 3 amide bonds. The number of nitrogens with one attached hydrogen (secondary N) is 3. The molecule has 25 heavy (non-hydrogen) atoms. The van der Waals surface area contributed by atoms with Gasteiger partial charge in [-0.05, 0) is 31.0 Å². The number of urea groups is 1. The van der Waals surface area contributed by atoms with Crippen LogP contribution in [0.1, 0.15) is 23.2 Å². The summed E-state index contributed by atoms with van der Waals surface area (Å²) in [6, 6.07) is 4.85. The Balaban J connectivity index is 1.47. The Morgan fingerprint density at radius 2 is 2.00 bits per heavy atom. The van der Waals surface area contributed by atoms with Gasteiger partial charge in [0.25, 0.3) is 5.91 Å². The molecular formula is C17H23ClN4O3. The summed E-state index contributed by atoms with van der Waals surface area (Å²) in [6.07, 6.45) is 2.01. The summed E-state index contributed by atoms with van der Waals surface area (Å²) in [5, 5.41) is 8.82.